The number of benzene rings is 2. The van der Waals surface area contributed by atoms with Gasteiger partial charge in [-0.15, -0.1) is 0 Å². The molecule has 0 aliphatic carbocycles. The van der Waals surface area contributed by atoms with Crippen molar-refractivity contribution in [3.05, 3.63) is 60.2 Å². The summed E-state index contributed by atoms with van der Waals surface area (Å²) in [5.41, 5.74) is 8.98. The Morgan fingerprint density at radius 3 is 2.14 bits per heavy atom. The van der Waals surface area contributed by atoms with Gasteiger partial charge >= 0.3 is 0 Å². The molecule has 0 aromatic heterocycles. The summed E-state index contributed by atoms with van der Waals surface area (Å²) in [5, 5.41) is 5.38. The van der Waals surface area contributed by atoms with Crippen molar-refractivity contribution in [1.29, 1.82) is 0 Å². The van der Waals surface area contributed by atoms with Crippen molar-refractivity contribution in [3.63, 3.8) is 0 Å². The van der Waals surface area contributed by atoms with Crippen LogP contribution in [0.3, 0.4) is 0 Å². The zero-order valence-corrected chi connectivity index (χ0v) is 16.8. The predicted molar refractivity (Wildman–Crippen MR) is 113 cm³/mol. The summed E-state index contributed by atoms with van der Waals surface area (Å²) in [5.74, 6) is -0.525. The van der Waals surface area contributed by atoms with Crippen LogP contribution in [0, 0.1) is 5.92 Å². The molecule has 0 saturated carbocycles. The number of para-hydroxylation sites is 1. The lowest BCUT2D eigenvalue weighted by molar-refractivity contribution is -0.127. The minimum absolute atomic E-state index is 0.0279. The van der Waals surface area contributed by atoms with Gasteiger partial charge in [0.2, 0.25) is 11.8 Å². The minimum Gasteiger partial charge on any atom is -0.350 e. The fraction of sp³-hybridized carbons (Fsp3) is 0.364. The molecule has 150 valence electrons. The standard InChI is InChI=1S/C22H30N4O2/c1-4-26(18-8-6-5-7-9-18)19-12-10-17(11-13-19)14-24-20(27)15-25-22(28)21(23)16(2)3/h5-13,16,21H,4,14-15,23H2,1-3H3,(H,24,27)(H,25,28)/t21-/m0/s1. The van der Waals surface area contributed by atoms with Gasteiger partial charge in [-0.1, -0.05) is 44.2 Å². The SMILES string of the molecule is CCN(c1ccccc1)c1ccc(CNC(=O)CNC(=O)[C@@H](N)C(C)C)cc1. The van der Waals surface area contributed by atoms with Crippen molar-refractivity contribution < 1.29 is 9.59 Å². The third-order valence-electron chi connectivity index (χ3n) is 4.57. The Hall–Kier alpha value is -2.86. The highest BCUT2D eigenvalue weighted by Crippen LogP contribution is 2.24. The highest BCUT2D eigenvalue weighted by Gasteiger charge is 2.17. The molecule has 1 atom stereocenters. The molecule has 0 saturated heterocycles. The van der Waals surface area contributed by atoms with Crippen LogP contribution in [0.2, 0.25) is 0 Å². The van der Waals surface area contributed by atoms with Gasteiger partial charge in [0.05, 0.1) is 12.6 Å². The second-order valence-electron chi connectivity index (χ2n) is 7.01. The van der Waals surface area contributed by atoms with Crippen LogP contribution in [-0.4, -0.2) is 30.9 Å². The van der Waals surface area contributed by atoms with E-state index in [0.717, 1.165) is 23.5 Å². The van der Waals surface area contributed by atoms with Crippen LogP contribution in [0.15, 0.2) is 54.6 Å². The number of nitrogens with one attached hydrogen (secondary N) is 2. The van der Waals surface area contributed by atoms with Gasteiger partial charge in [-0.3, -0.25) is 9.59 Å². The first-order valence-corrected chi connectivity index (χ1v) is 9.64. The predicted octanol–water partition coefficient (Wildman–Crippen LogP) is 2.56. The van der Waals surface area contributed by atoms with E-state index in [-0.39, 0.29) is 24.3 Å². The normalized spacial score (nSPS) is 11.8. The number of nitrogens with zero attached hydrogens (tertiary/aromatic N) is 1. The zero-order valence-electron chi connectivity index (χ0n) is 16.8. The molecule has 0 radical (unpaired) electrons. The maximum atomic E-state index is 11.9. The van der Waals surface area contributed by atoms with Crippen LogP contribution < -0.4 is 21.3 Å². The molecule has 2 amide bonds. The van der Waals surface area contributed by atoms with E-state index in [1.165, 1.54) is 0 Å². The van der Waals surface area contributed by atoms with Gasteiger partial charge in [-0.05, 0) is 42.7 Å². The monoisotopic (exact) mass is 382 g/mol. The molecule has 0 heterocycles. The summed E-state index contributed by atoms with van der Waals surface area (Å²) in [6.45, 7) is 7.04. The summed E-state index contributed by atoms with van der Waals surface area (Å²) in [6, 6.07) is 17.7. The Balaban J connectivity index is 1.85. The summed E-state index contributed by atoms with van der Waals surface area (Å²) in [6.07, 6.45) is 0. The number of hydrogen-bond acceptors (Lipinski definition) is 4. The van der Waals surface area contributed by atoms with Crippen molar-refractivity contribution in [2.45, 2.75) is 33.4 Å². The van der Waals surface area contributed by atoms with E-state index < -0.39 is 6.04 Å². The van der Waals surface area contributed by atoms with Crippen LogP contribution in [0.4, 0.5) is 11.4 Å². The molecule has 6 nitrogen and oxygen atoms in total. The second-order valence-corrected chi connectivity index (χ2v) is 7.01. The third-order valence-corrected chi connectivity index (χ3v) is 4.57. The average molecular weight is 383 g/mol. The molecule has 0 unspecified atom stereocenters. The van der Waals surface area contributed by atoms with Gasteiger partial charge in [-0.25, -0.2) is 0 Å². The Morgan fingerprint density at radius 1 is 0.964 bits per heavy atom. The molecule has 4 N–H and O–H groups in total. The number of anilines is 2. The molecule has 6 heteroatoms. The van der Waals surface area contributed by atoms with Crippen LogP contribution in [0.1, 0.15) is 26.3 Å². The minimum atomic E-state index is -0.605. The van der Waals surface area contributed by atoms with Crippen molar-refractivity contribution in [2.75, 3.05) is 18.0 Å². The smallest absolute Gasteiger partial charge is 0.239 e. The van der Waals surface area contributed by atoms with Crippen LogP contribution >= 0.6 is 0 Å². The maximum Gasteiger partial charge on any atom is 0.239 e. The first-order chi connectivity index (χ1) is 13.4. The number of carbonyl (C=O) groups is 2. The first-order valence-electron chi connectivity index (χ1n) is 9.64. The Labute approximate surface area is 167 Å². The summed E-state index contributed by atoms with van der Waals surface area (Å²) < 4.78 is 0. The molecular formula is C22H30N4O2. The molecule has 0 bridgehead atoms. The molecule has 0 fully saturated rings. The van der Waals surface area contributed by atoms with Gasteiger partial charge < -0.3 is 21.3 Å². The van der Waals surface area contributed by atoms with Crippen LogP contribution in [0.25, 0.3) is 0 Å². The van der Waals surface area contributed by atoms with Crippen LogP contribution in [-0.2, 0) is 16.1 Å². The molecular weight excluding hydrogens is 352 g/mol. The van der Waals surface area contributed by atoms with Gasteiger partial charge in [-0.2, -0.15) is 0 Å². The second kappa shape index (κ2) is 10.5. The number of amides is 2. The molecule has 0 aliphatic rings. The third kappa shape index (κ3) is 6.09. The number of nitrogens with two attached hydrogens (primary N) is 1. The van der Waals surface area contributed by atoms with Gasteiger partial charge in [0, 0.05) is 24.5 Å². The molecule has 2 aromatic rings. The first kappa shape index (κ1) is 21.4. The van der Waals surface area contributed by atoms with E-state index in [9.17, 15) is 9.59 Å². The fourth-order valence-electron chi connectivity index (χ4n) is 2.77. The summed E-state index contributed by atoms with van der Waals surface area (Å²) in [7, 11) is 0. The lowest BCUT2D eigenvalue weighted by Gasteiger charge is -2.23. The topological polar surface area (TPSA) is 87.5 Å². The van der Waals surface area contributed by atoms with Gasteiger partial charge in [0.1, 0.15) is 0 Å². The van der Waals surface area contributed by atoms with Crippen molar-refractivity contribution in [1.82, 2.24) is 10.6 Å². The summed E-state index contributed by atoms with van der Waals surface area (Å²) in [4.78, 5) is 26.0. The largest absolute Gasteiger partial charge is 0.350 e. The number of rotatable bonds is 9. The lowest BCUT2D eigenvalue weighted by atomic mass is 10.1. The lowest BCUT2D eigenvalue weighted by Crippen LogP contribution is -2.47. The fourth-order valence-corrected chi connectivity index (χ4v) is 2.77. The van der Waals surface area contributed by atoms with Crippen molar-refractivity contribution in [2.24, 2.45) is 11.7 Å². The molecule has 0 spiro atoms. The van der Waals surface area contributed by atoms with E-state index in [4.69, 9.17) is 5.73 Å². The Kier molecular flexibility index (Phi) is 8.02. The highest BCUT2D eigenvalue weighted by atomic mass is 16.2. The van der Waals surface area contributed by atoms with E-state index >= 15 is 0 Å². The zero-order chi connectivity index (χ0) is 20.5. The number of carbonyl (C=O) groups excluding carboxylic acids is 2. The van der Waals surface area contributed by atoms with E-state index in [1.807, 2.05) is 56.3 Å². The Morgan fingerprint density at radius 2 is 1.57 bits per heavy atom. The van der Waals surface area contributed by atoms with Gasteiger partial charge in [0.25, 0.3) is 0 Å². The summed E-state index contributed by atoms with van der Waals surface area (Å²) >= 11 is 0. The van der Waals surface area contributed by atoms with Crippen molar-refractivity contribution >= 4 is 23.2 Å². The molecule has 28 heavy (non-hydrogen) atoms. The molecule has 2 aromatic carbocycles. The van der Waals surface area contributed by atoms with E-state index in [1.54, 1.807) is 0 Å². The van der Waals surface area contributed by atoms with Gasteiger partial charge in [0.15, 0.2) is 0 Å². The van der Waals surface area contributed by atoms with Crippen LogP contribution in [0.5, 0.6) is 0 Å². The molecule has 2 rings (SSSR count). The maximum absolute atomic E-state index is 11.9. The quantitative estimate of drug-likeness (QED) is 0.622. The number of hydrogen-bond donors (Lipinski definition) is 3. The molecule has 0 aliphatic heterocycles. The highest BCUT2D eigenvalue weighted by molar-refractivity contribution is 5.87. The van der Waals surface area contributed by atoms with E-state index in [0.29, 0.717) is 6.54 Å². The average Bonchev–Trinajstić information content (AvgIpc) is 2.72. The van der Waals surface area contributed by atoms with E-state index in [2.05, 4.69) is 34.6 Å². The van der Waals surface area contributed by atoms with Crippen molar-refractivity contribution in [3.8, 4) is 0 Å². The Bertz CT molecular complexity index is 760.